The second-order valence-electron chi connectivity index (χ2n) is 8.65. The zero-order valence-corrected chi connectivity index (χ0v) is 22.7. The molecule has 8 nitrogen and oxygen atoms in total. The van der Waals surface area contributed by atoms with E-state index in [-0.39, 0.29) is 0 Å². The van der Waals surface area contributed by atoms with Crippen LogP contribution in [-0.2, 0) is 12.8 Å². The number of aromatic nitrogens is 6. The maximum absolute atomic E-state index is 5.66. The maximum atomic E-state index is 5.66. The molecule has 0 unspecified atom stereocenters. The monoisotopic (exact) mass is 543 g/mol. The van der Waals surface area contributed by atoms with Gasteiger partial charge in [-0.2, -0.15) is 10.2 Å². The summed E-state index contributed by atoms with van der Waals surface area (Å²) < 4.78 is 10.8. The summed E-state index contributed by atoms with van der Waals surface area (Å²) in [6.45, 7) is 4.08. The number of anilines is 1. The molecule has 0 aliphatic rings. The molecule has 0 spiro atoms. The zero-order chi connectivity index (χ0) is 26.3. The third kappa shape index (κ3) is 5.76. The van der Waals surface area contributed by atoms with E-state index in [0.29, 0.717) is 29.0 Å². The average Bonchev–Trinajstić information content (AvgIpc) is 3.52. The number of ether oxygens (including phenoxy) is 1. The molecule has 3 aromatic carbocycles. The number of nitrogens with zero attached hydrogens (tertiary/aromatic N) is 5. The first-order valence-electron chi connectivity index (χ1n) is 12.6. The number of H-pyrrole nitrogens is 2. The van der Waals surface area contributed by atoms with Gasteiger partial charge in [0.15, 0.2) is 9.54 Å². The number of aromatic amines is 2. The van der Waals surface area contributed by atoms with Gasteiger partial charge < -0.3 is 9.64 Å². The number of rotatable bonds is 11. The van der Waals surface area contributed by atoms with E-state index in [1.165, 1.54) is 0 Å². The smallest absolute Gasteiger partial charge is 0.199 e. The Morgan fingerprint density at radius 2 is 1.18 bits per heavy atom. The zero-order valence-electron chi connectivity index (χ0n) is 21.1. The number of hydrogen-bond acceptors (Lipinski definition) is 6. The van der Waals surface area contributed by atoms with Crippen molar-refractivity contribution in [1.29, 1.82) is 0 Å². The third-order valence-corrected chi connectivity index (χ3v) is 6.78. The summed E-state index contributed by atoms with van der Waals surface area (Å²) in [6.07, 6.45) is 1.39. The van der Waals surface area contributed by atoms with Crippen LogP contribution in [0.2, 0.25) is 0 Å². The van der Waals surface area contributed by atoms with Crippen molar-refractivity contribution in [2.24, 2.45) is 0 Å². The second kappa shape index (κ2) is 12.0. The first-order valence-corrected chi connectivity index (χ1v) is 13.4. The van der Waals surface area contributed by atoms with E-state index in [1.807, 2.05) is 88.9 Å². The quantitative estimate of drug-likeness (QED) is 0.203. The molecule has 0 saturated carbocycles. The summed E-state index contributed by atoms with van der Waals surface area (Å²) >= 11 is 11.1. The van der Waals surface area contributed by atoms with E-state index in [0.717, 1.165) is 47.5 Å². The second-order valence-corrected chi connectivity index (χ2v) is 9.42. The fourth-order valence-corrected chi connectivity index (χ4v) is 4.95. The van der Waals surface area contributed by atoms with Crippen LogP contribution in [0.25, 0.3) is 11.4 Å². The summed E-state index contributed by atoms with van der Waals surface area (Å²) in [6, 6.07) is 28.3. The van der Waals surface area contributed by atoms with E-state index >= 15 is 0 Å². The van der Waals surface area contributed by atoms with Gasteiger partial charge in [-0.05, 0) is 79.9 Å². The minimum atomic E-state index is 0.581. The molecule has 0 atom stereocenters. The summed E-state index contributed by atoms with van der Waals surface area (Å²) in [5, 5.41) is 15.0. The fraction of sp³-hybridized carbons (Fsp3) is 0.214. The van der Waals surface area contributed by atoms with Crippen LogP contribution in [-0.4, -0.2) is 49.2 Å². The van der Waals surface area contributed by atoms with Gasteiger partial charge in [0.2, 0.25) is 0 Å². The van der Waals surface area contributed by atoms with Crippen LogP contribution in [0, 0.1) is 9.54 Å². The molecule has 0 saturated heterocycles. The van der Waals surface area contributed by atoms with Crippen molar-refractivity contribution in [2.75, 3.05) is 24.6 Å². The van der Waals surface area contributed by atoms with Crippen LogP contribution < -0.4 is 9.64 Å². The van der Waals surface area contributed by atoms with E-state index < -0.39 is 0 Å². The van der Waals surface area contributed by atoms with Gasteiger partial charge in [-0.15, -0.1) is 0 Å². The molecule has 0 amide bonds. The summed E-state index contributed by atoms with van der Waals surface area (Å²) in [4.78, 5) is 2.33. The Kier molecular flexibility index (Phi) is 8.10. The van der Waals surface area contributed by atoms with Crippen molar-refractivity contribution in [3.63, 3.8) is 0 Å². The van der Waals surface area contributed by atoms with E-state index in [4.69, 9.17) is 29.2 Å². The molecule has 0 fully saturated rings. The van der Waals surface area contributed by atoms with Crippen LogP contribution in [0.4, 0.5) is 5.69 Å². The lowest BCUT2D eigenvalue weighted by Crippen LogP contribution is -2.29. The van der Waals surface area contributed by atoms with Crippen LogP contribution in [0.15, 0.2) is 84.9 Å². The van der Waals surface area contributed by atoms with Gasteiger partial charge in [-0.3, -0.25) is 19.3 Å². The van der Waals surface area contributed by atoms with Crippen LogP contribution in [0.1, 0.15) is 18.6 Å². The van der Waals surface area contributed by atoms with Gasteiger partial charge >= 0.3 is 0 Å². The SMILES string of the molecule is CCOc1ccc(N(CCc2n[nH]c(=S)n2-c2ccccc2)CCc2n[nH]c(=S)n2-c2ccccc2)cc1. The molecule has 0 aliphatic carbocycles. The lowest BCUT2D eigenvalue weighted by atomic mass is 10.2. The van der Waals surface area contributed by atoms with E-state index in [9.17, 15) is 0 Å². The van der Waals surface area contributed by atoms with E-state index in [1.54, 1.807) is 0 Å². The molecular weight excluding hydrogens is 514 g/mol. The lowest BCUT2D eigenvalue weighted by Gasteiger charge is -2.25. The largest absolute Gasteiger partial charge is 0.494 e. The molecule has 2 aromatic heterocycles. The normalized spacial score (nSPS) is 11.0. The molecule has 0 bridgehead atoms. The van der Waals surface area contributed by atoms with Crippen molar-refractivity contribution in [3.8, 4) is 17.1 Å². The van der Waals surface area contributed by atoms with Gasteiger partial charge in [-0.1, -0.05) is 36.4 Å². The van der Waals surface area contributed by atoms with Gasteiger partial charge in [0, 0.05) is 43.0 Å². The topological polar surface area (TPSA) is 79.7 Å². The van der Waals surface area contributed by atoms with Crippen molar-refractivity contribution in [3.05, 3.63) is 106 Å². The molecule has 2 N–H and O–H groups in total. The maximum Gasteiger partial charge on any atom is 0.199 e. The Morgan fingerprint density at radius 3 is 1.63 bits per heavy atom. The van der Waals surface area contributed by atoms with Crippen LogP contribution in [0.3, 0.4) is 0 Å². The highest BCUT2D eigenvalue weighted by molar-refractivity contribution is 7.71. The highest BCUT2D eigenvalue weighted by atomic mass is 32.1. The Balaban J connectivity index is 1.40. The number of hydrogen-bond donors (Lipinski definition) is 2. The molecule has 5 rings (SSSR count). The van der Waals surface area contributed by atoms with Gasteiger partial charge in [0.1, 0.15) is 17.4 Å². The highest BCUT2D eigenvalue weighted by Gasteiger charge is 2.15. The molecule has 0 radical (unpaired) electrons. The first kappa shape index (κ1) is 25.6. The van der Waals surface area contributed by atoms with Gasteiger partial charge in [0.25, 0.3) is 0 Å². The Bertz CT molecular complexity index is 1480. The summed E-state index contributed by atoms with van der Waals surface area (Å²) in [5.74, 6) is 2.61. The lowest BCUT2D eigenvalue weighted by molar-refractivity contribution is 0.340. The van der Waals surface area contributed by atoms with Crippen molar-refractivity contribution in [1.82, 2.24) is 29.5 Å². The number of para-hydroxylation sites is 2. The predicted molar refractivity (Wildman–Crippen MR) is 155 cm³/mol. The van der Waals surface area contributed by atoms with Gasteiger partial charge in [0.05, 0.1) is 6.61 Å². The fourth-order valence-electron chi connectivity index (χ4n) is 4.44. The average molecular weight is 544 g/mol. The molecule has 38 heavy (non-hydrogen) atoms. The summed E-state index contributed by atoms with van der Waals surface area (Å²) in [5.41, 5.74) is 3.08. The Morgan fingerprint density at radius 1 is 0.711 bits per heavy atom. The third-order valence-electron chi connectivity index (χ3n) is 6.24. The molecule has 194 valence electrons. The van der Waals surface area contributed by atoms with Crippen LogP contribution >= 0.6 is 24.4 Å². The first-order chi connectivity index (χ1) is 18.6. The Hall–Kier alpha value is -4.02. The molecule has 0 aliphatic heterocycles. The molecule has 10 heteroatoms. The number of nitrogens with one attached hydrogen (secondary N) is 2. The van der Waals surface area contributed by atoms with Gasteiger partial charge in [-0.25, -0.2) is 0 Å². The molecule has 2 heterocycles. The Labute approximate surface area is 231 Å². The highest BCUT2D eigenvalue weighted by Crippen LogP contribution is 2.21. The minimum Gasteiger partial charge on any atom is -0.494 e. The number of benzene rings is 3. The molecule has 5 aromatic rings. The van der Waals surface area contributed by atoms with Crippen molar-refractivity contribution in [2.45, 2.75) is 19.8 Å². The molecular formula is C28H29N7OS2. The standard InChI is InChI=1S/C28H29N7OS2/c1-2-36-24-15-13-21(14-16-24)33(19-17-25-29-31-27(37)34(25)22-9-5-3-6-10-22)20-18-26-30-32-28(38)35(26)23-11-7-4-8-12-23/h3-16H,2,17-20H2,1H3,(H,31,37)(H,32,38). The van der Waals surface area contributed by atoms with Crippen LogP contribution in [0.5, 0.6) is 5.75 Å². The summed E-state index contributed by atoms with van der Waals surface area (Å²) in [7, 11) is 0. The minimum absolute atomic E-state index is 0.581. The van der Waals surface area contributed by atoms with E-state index in [2.05, 4.69) is 37.4 Å². The van der Waals surface area contributed by atoms with Crippen molar-refractivity contribution >= 4 is 30.1 Å². The predicted octanol–water partition coefficient (Wildman–Crippen LogP) is 5.86. The van der Waals surface area contributed by atoms with Crippen molar-refractivity contribution < 1.29 is 4.74 Å².